The van der Waals surface area contributed by atoms with Crippen LogP contribution in [0, 0.1) is 0 Å². The van der Waals surface area contributed by atoms with Gasteiger partial charge >= 0.3 is 0 Å². The minimum atomic E-state index is -1.54. The van der Waals surface area contributed by atoms with Crippen molar-refractivity contribution in [3.05, 3.63) is 0 Å². The van der Waals surface area contributed by atoms with Crippen LogP contribution in [-0.4, -0.2) is 148 Å². The maximum Gasteiger partial charge on any atom is 0.249 e. The summed E-state index contributed by atoms with van der Waals surface area (Å²) < 4.78 is 22.9. The lowest BCUT2D eigenvalue weighted by atomic mass is 9.83. The molecule has 0 aromatic carbocycles. The molecular formula is C21H42N6O11. The van der Waals surface area contributed by atoms with Crippen molar-refractivity contribution in [2.45, 2.75) is 105 Å². The van der Waals surface area contributed by atoms with Crippen LogP contribution in [0.1, 0.15) is 12.8 Å². The molecule has 1 saturated carbocycles. The molecule has 0 aromatic rings. The summed E-state index contributed by atoms with van der Waals surface area (Å²) in [7, 11) is 0. The molecule has 17 N–H and O–H groups in total. The van der Waals surface area contributed by atoms with Gasteiger partial charge in [0.15, 0.2) is 12.6 Å². The molecule has 2 heterocycles. The Bertz CT molecular complexity index is 771. The predicted octanol–water partition coefficient (Wildman–Crippen LogP) is -7.82. The molecule has 5 unspecified atom stereocenters. The van der Waals surface area contributed by atoms with E-state index < -0.39 is 97.7 Å². The number of carbonyl (C=O) groups excluding carboxylic acids is 1. The monoisotopic (exact) mass is 554 g/mol. The Morgan fingerprint density at radius 2 is 1.39 bits per heavy atom. The second kappa shape index (κ2) is 13.5. The van der Waals surface area contributed by atoms with E-state index in [-0.39, 0.29) is 32.5 Å². The molecule has 0 radical (unpaired) electrons. The minimum absolute atomic E-state index is 0.0137. The number of aliphatic hydroxyl groups is 6. The van der Waals surface area contributed by atoms with Crippen molar-refractivity contribution in [2.75, 3.05) is 19.6 Å². The molecule has 38 heavy (non-hydrogen) atoms. The second-order valence-corrected chi connectivity index (χ2v) is 9.90. The molecule has 1 amide bonds. The first kappa shape index (κ1) is 31.4. The standard InChI is InChI=1S/C21H42N6O11/c22-2-1-8(28)19(34)27-7-3-6(25)17(37-20-11(26)15(32)13(30)9(4-23)35-20)18(12(7)29)38-21-16(33)14(31)10(5-24)36-21/h6-18,20-21,28-33H,1-5,22-26H2,(H,27,34)/t6?,7-,8+,9?,10-,11?,12?,13-,14+,15-,16?,17-,18-,20-,21+/m1/s1. The molecule has 2 aliphatic heterocycles. The Morgan fingerprint density at radius 1 is 0.842 bits per heavy atom. The Kier molecular flexibility index (Phi) is 11.1. The van der Waals surface area contributed by atoms with Gasteiger partial charge < -0.3 is 83.6 Å². The van der Waals surface area contributed by atoms with E-state index in [1.54, 1.807) is 0 Å². The maximum atomic E-state index is 12.4. The van der Waals surface area contributed by atoms with Crippen LogP contribution in [0.4, 0.5) is 0 Å². The Balaban J connectivity index is 1.84. The van der Waals surface area contributed by atoms with Crippen LogP contribution in [0.25, 0.3) is 0 Å². The number of nitrogens with one attached hydrogen (secondary N) is 1. The fourth-order valence-electron chi connectivity index (χ4n) is 4.88. The van der Waals surface area contributed by atoms with Crippen molar-refractivity contribution in [3.8, 4) is 0 Å². The van der Waals surface area contributed by atoms with Crippen molar-refractivity contribution in [1.29, 1.82) is 0 Å². The Hall–Kier alpha value is -1.13. The number of amides is 1. The predicted molar refractivity (Wildman–Crippen MR) is 127 cm³/mol. The van der Waals surface area contributed by atoms with Gasteiger partial charge in [0, 0.05) is 19.1 Å². The Morgan fingerprint density at radius 3 is 1.97 bits per heavy atom. The Labute approximate surface area is 219 Å². The van der Waals surface area contributed by atoms with Gasteiger partial charge in [0.05, 0.1) is 12.1 Å². The van der Waals surface area contributed by atoms with Crippen molar-refractivity contribution < 1.29 is 54.4 Å². The summed E-state index contributed by atoms with van der Waals surface area (Å²) in [5.74, 6) is -0.791. The van der Waals surface area contributed by atoms with Crippen LogP contribution in [0.3, 0.4) is 0 Å². The highest BCUT2D eigenvalue weighted by atomic mass is 16.7. The van der Waals surface area contributed by atoms with Crippen LogP contribution in [0.5, 0.6) is 0 Å². The largest absolute Gasteiger partial charge is 0.388 e. The van der Waals surface area contributed by atoms with Gasteiger partial charge in [-0.15, -0.1) is 0 Å². The SMILES string of the molecule is NCC[C@H](O)C(=O)N[C@@H]1CC(N)[C@@H](O[C@H]2OC(CN)[C@@H](O)[C@H](O)C2N)[C@H](O[C@@H]2O[C@H](CN)[C@H](O)C2O)C1O. The summed E-state index contributed by atoms with van der Waals surface area (Å²) in [4.78, 5) is 12.4. The average Bonchev–Trinajstić information content (AvgIpc) is 3.16. The van der Waals surface area contributed by atoms with E-state index in [1.807, 2.05) is 0 Å². The molecule has 0 spiro atoms. The van der Waals surface area contributed by atoms with Gasteiger partial charge in [-0.2, -0.15) is 0 Å². The van der Waals surface area contributed by atoms with E-state index in [1.165, 1.54) is 0 Å². The zero-order valence-corrected chi connectivity index (χ0v) is 20.8. The zero-order valence-electron chi connectivity index (χ0n) is 20.8. The topological polar surface area (TPSA) is 318 Å². The smallest absolute Gasteiger partial charge is 0.249 e. The molecular weight excluding hydrogens is 512 g/mol. The summed E-state index contributed by atoms with van der Waals surface area (Å²) in [5, 5.41) is 64.8. The molecule has 15 atom stereocenters. The van der Waals surface area contributed by atoms with Crippen LogP contribution >= 0.6 is 0 Å². The fourth-order valence-corrected chi connectivity index (χ4v) is 4.88. The van der Waals surface area contributed by atoms with Crippen molar-refractivity contribution in [3.63, 3.8) is 0 Å². The highest BCUT2D eigenvalue weighted by Gasteiger charge is 2.52. The van der Waals surface area contributed by atoms with Crippen LogP contribution in [-0.2, 0) is 23.7 Å². The molecule has 17 nitrogen and oxygen atoms in total. The zero-order chi connectivity index (χ0) is 28.3. The first-order valence-electron chi connectivity index (χ1n) is 12.6. The summed E-state index contributed by atoms with van der Waals surface area (Å²) in [6.45, 7) is -0.242. The van der Waals surface area contributed by atoms with Crippen LogP contribution in [0.2, 0.25) is 0 Å². The lowest BCUT2D eigenvalue weighted by Gasteiger charge is -2.48. The van der Waals surface area contributed by atoms with Crippen LogP contribution in [0.15, 0.2) is 0 Å². The average molecular weight is 555 g/mol. The number of hydrogen-bond donors (Lipinski definition) is 12. The van der Waals surface area contributed by atoms with E-state index in [0.29, 0.717) is 0 Å². The number of nitrogens with two attached hydrogens (primary N) is 5. The summed E-state index contributed by atoms with van der Waals surface area (Å²) >= 11 is 0. The maximum absolute atomic E-state index is 12.4. The first-order valence-corrected chi connectivity index (χ1v) is 12.6. The molecule has 2 saturated heterocycles. The van der Waals surface area contributed by atoms with E-state index >= 15 is 0 Å². The van der Waals surface area contributed by atoms with Crippen molar-refractivity contribution in [1.82, 2.24) is 5.32 Å². The third-order valence-corrected chi connectivity index (χ3v) is 7.21. The van der Waals surface area contributed by atoms with E-state index in [4.69, 9.17) is 47.6 Å². The number of aliphatic hydroxyl groups excluding tert-OH is 6. The van der Waals surface area contributed by atoms with Crippen LogP contribution < -0.4 is 34.0 Å². The molecule has 1 aliphatic carbocycles. The molecule has 222 valence electrons. The minimum Gasteiger partial charge on any atom is -0.388 e. The quantitative estimate of drug-likeness (QED) is 0.119. The molecule has 0 bridgehead atoms. The van der Waals surface area contributed by atoms with Crippen molar-refractivity contribution in [2.24, 2.45) is 28.7 Å². The van der Waals surface area contributed by atoms with Gasteiger partial charge in [0.2, 0.25) is 5.91 Å². The number of hydrogen-bond acceptors (Lipinski definition) is 16. The van der Waals surface area contributed by atoms with Gasteiger partial charge in [0.25, 0.3) is 0 Å². The summed E-state index contributed by atoms with van der Waals surface area (Å²) in [5.41, 5.74) is 29.0. The highest BCUT2D eigenvalue weighted by Crippen LogP contribution is 2.32. The third-order valence-electron chi connectivity index (χ3n) is 7.21. The van der Waals surface area contributed by atoms with E-state index in [0.717, 1.165) is 0 Å². The summed E-state index contributed by atoms with van der Waals surface area (Å²) in [6.07, 6.45) is -16.2. The molecule has 17 heteroatoms. The molecule has 0 aromatic heterocycles. The first-order chi connectivity index (χ1) is 17.9. The van der Waals surface area contributed by atoms with Crippen molar-refractivity contribution >= 4 is 5.91 Å². The van der Waals surface area contributed by atoms with Gasteiger partial charge in [-0.1, -0.05) is 0 Å². The van der Waals surface area contributed by atoms with Gasteiger partial charge in [0.1, 0.15) is 61.0 Å². The summed E-state index contributed by atoms with van der Waals surface area (Å²) in [6, 6.07) is -3.22. The second-order valence-electron chi connectivity index (χ2n) is 9.90. The fraction of sp³-hybridized carbons (Fsp3) is 0.952. The number of rotatable bonds is 10. The number of carbonyl (C=O) groups is 1. The molecule has 3 aliphatic rings. The lowest BCUT2D eigenvalue weighted by molar-refractivity contribution is -0.306. The van der Waals surface area contributed by atoms with Gasteiger partial charge in [-0.05, 0) is 19.4 Å². The molecule has 3 fully saturated rings. The normalized spacial score (nSPS) is 46.6. The molecule has 3 rings (SSSR count). The highest BCUT2D eigenvalue weighted by molar-refractivity contribution is 5.80. The lowest BCUT2D eigenvalue weighted by Crippen LogP contribution is -2.69. The number of ether oxygens (including phenoxy) is 4. The van der Waals surface area contributed by atoms with E-state index in [2.05, 4.69) is 5.32 Å². The van der Waals surface area contributed by atoms with E-state index in [9.17, 15) is 35.4 Å². The third kappa shape index (κ3) is 6.60. The van der Waals surface area contributed by atoms with Gasteiger partial charge in [-0.3, -0.25) is 4.79 Å². The van der Waals surface area contributed by atoms with Gasteiger partial charge in [-0.25, -0.2) is 0 Å².